The molecule has 124 valence electrons. The fourth-order valence-corrected chi connectivity index (χ4v) is 2.57. The summed E-state index contributed by atoms with van der Waals surface area (Å²) in [6, 6.07) is 4.16. The van der Waals surface area contributed by atoms with Gasteiger partial charge < -0.3 is 15.7 Å². The van der Waals surface area contributed by atoms with Gasteiger partial charge in [0, 0.05) is 12.2 Å². The lowest BCUT2D eigenvalue weighted by molar-refractivity contribution is -0.133. The number of nitrogens with zero attached hydrogens (tertiary/aromatic N) is 1. The van der Waals surface area contributed by atoms with Crippen LogP contribution in [-0.4, -0.2) is 41.6 Å². The van der Waals surface area contributed by atoms with Gasteiger partial charge in [0.05, 0.1) is 11.6 Å². The summed E-state index contributed by atoms with van der Waals surface area (Å²) in [5, 5.41) is 14.8. The number of likely N-dealkylation sites (N-methyl/N-ethyl adjacent to an activating group) is 1. The van der Waals surface area contributed by atoms with Crippen molar-refractivity contribution >= 4 is 12.0 Å². The Balaban J connectivity index is 2.44. The fraction of sp³-hybridized carbons (Fsp3) is 0.375. The Labute approximate surface area is 134 Å². The normalized spacial score (nSPS) is 17.9. The highest BCUT2D eigenvalue weighted by Crippen LogP contribution is 2.27. The van der Waals surface area contributed by atoms with E-state index in [9.17, 15) is 19.1 Å². The lowest BCUT2D eigenvalue weighted by Gasteiger charge is -2.30. The summed E-state index contributed by atoms with van der Waals surface area (Å²) < 4.78 is 13.1. The van der Waals surface area contributed by atoms with E-state index in [0.717, 1.165) is 13.1 Å². The number of aliphatic carboxylic acids is 1. The van der Waals surface area contributed by atoms with E-state index in [1.807, 2.05) is 18.7 Å². The van der Waals surface area contributed by atoms with Crippen molar-refractivity contribution in [1.82, 2.24) is 15.5 Å². The molecule has 0 saturated heterocycles. The van der Waals surface area contributed by atoms with Gasteiger partial charge in [-0.05, 0) is 30.8 Å². The lowest BCUT2D eigenvalue weighted by Crippen LogP contribution is -2.48. The topological polar surface area (TPSA) is 81.7 Å². The highest BCUT2D eigenvalue weighted by atomic mass is 19.1. The first-order valence-electron chi connectivity index (χ1n) is 7.47. The highest BCUT2D eigenvalue weighted by molar-refractivity contribution is 5.94. The van der Waals surface area contributed by atoms with E-state index in [1.165, 1.54) is 24.3 Å². The van der Waals surface area contributed by atoms with Crippen LogP contribution in [-0.2, 0) is 4.79 Å². The Morgan fingerprint density at radius 2 is 1.87 bits per heavy atom. The molecule has 23 heavy (non-hydrogen) atoms. The van der Waals surface area contributed by atoms with Crippen molar-refractivity contribution in [2.24, 2.45) is 0 Å². The van der Waals surface area contributed by atoms with Crippen LogP contribution in [0.4, 0.5) is 9.18 Å². The van der Waals surface area contributed by atoms with Crippen molar-refractivity contribution < 1.29 is 19.1 Å². The third kappa shape index (κ3) is 3.87. The molecular weight excluding hydrogens is 301 g/mol. The standard InChI is InChI=1S/C16H20FN3O3/c1-3-20(4-2)9-12-13(15(21)22)14(19-16(23)18-12)10-5-7-11(17)8-6-10/h5-8,14H,3-4,9H2,1-2H3,(H,21,22)(H2,18,19,23). The quantitative estimate of drug-likeness (QED) is 0.747. The van der Waals surface area contributed by atoms with E-state index in [2.05, 4.69) is 10.6 Å². The number of carboxylic acids is 1. The zero-order valence-electron chi connectivity index (χ0n) is 13.1. The molecule has 0 bridgehead atoms. The third-order valence-electron chi connectivity index (χ3n) is 3.86. The minimum Gasteiger partial charge on any atom is -0.478 e. The summed E-state index contributed by atoms with van der Waals surface area (Å²) in [6.45, 7) is 5.73. The van der Waals surface area contributed by atoms with Gasteiger partial charge in [0.15, 0.2) is 0 Å². The number of hydrogen-bond acceptors (Lipinski definition) is 3. The molecule has 2 amide bonds. The number of amides is 2. The van der Waals surface area contributed by atoms with E-state index >= 15 is 0 Å². The van der Waals surface area contributed by atoms with Gasteiger partial charge in [0.1, 0.15) is 5.82 Å². The summed E-state index contributed by atoms with van der Waals surface area (Å²) >= 11 is 0. The smallest absolute Gasteiger partial charge is 0.335 e. The molecule has 1 aliphatic heterocycles. The summed E-state index contributed by atoms with van der Waals surface area (Å²) in [5.74, 6) is -1.53. The average molecular weight is 321 g/mol. The summed E-state index contributed by atoms with van der Waals surface area (Å²) in [7, 11) is 0. The summed E-state index contributed by atoms with van der Waals surface area (Å²) in [5.41, 5.74) is 0.957. The lowest BCUT2D eigenvalue weighted by atomic mass is 9.95. The number of nitrogens with one attached hydrogen (secondary N) is 2. The molecular formula is C16H20FN3O3. The minimum absolute atomic E-state index is 0.0723. The first-order chi connectivity index (χ1) is 11.0. The van der Waals surface area contributed by atoms with Crippen LogP contribution in [0.1, 0.15) is 25.5 Å². The highest BCUT2D eigenvalue weighted by Gasteiger charge is 2.33. The molecule has 1 aromatic carbocycles. The van der Waals surface area contributed by atoms with Gasteiger partial charge in [-0.1, -0.05) is 26.0 Å². The molecule has 1 heterocycles. The molecule has 1 aliphatic rings. The molecule has 1 atom stereocenters. The van der Waals surface area contributed by atoms with Crippen molar-refractivity contribution in [3.8, 4) is 0 Å². The Hall–Kier alpha value is -2.41. The zero-order chi connectivity index (χ0) is 17.0. The maximum absolute atomic E-state index is 13.1. The van der Waals surface area contributed by atoms with E-state index < -0.39 is 23.9 Å². The largest absolute Gasteiger partial charge is 0.478 e. The molecule has 0 aliphatic carbocycles. The van der Waals surface area contributed by atoms with Crippen LogP contribution in [0.2, 0.25) is 0 Å². The second kappa shape index (κ2) is 7.23. The molecule has 1 unspecified atom stereocenters. The molecule has 0 spiro atoms. The molecule has 1 aromatic rings. The molecule has 6 nitrogen and oxygen atoms in total. The predicted molar refractivity (Wildman–Crippen MR) is 83.3 cm³/mol. The van der Waals surface area contributed by atoms with Crippen LogP contribution < -0.4 is 10.6 Å². The van der Waals surface area contributed by atoms with Crippen molar-refractivity contribution in [2.75, 3.05) is 19.6 Å². The molecule has 0 fully saturated rings. The summed E-state index contributed by atoms with van der Waals surface area (Å²) in [6.07, 6.45) is 0. The average Bonchev–Trinajstić information content (AvgIpc) is 2.52. The van der Waals surface area contributed by atoms with Crippen LogP contribution in [0.5, 0.6) is 0 Å². The third-order valence-corrected chi connectivity index (χ3v) is 3.86. The number of rotatable bonds is 6. The first kappa shape index (κ1) is 17.0. The van der Waals surface area contributed by atoms with E-state index in [1.54, 1.807) is 0 Å². The van der Waals surface area contributed by atoms with Crippen molar-refractivity contribution in [2.45, 2.75) is 19.9 Å². The second-order valence-corrected chi connectivity index (χ2v) is 5.24. The van der Waals surface area contributed by atoms with Crippen LogP contribution >= 0.6 is 0 Å². The molecule has 0 radical (unpaired) electrons. The Bertz CT molecular complexity index is 624. The second-order valence-electron chi connectivity index (χ2n) is 5.24. The van der Waals surface area contributed by atoms with Gasteiger partial charge in [0.2, 0.25) is 0 Å². The molecule has 0 saturated carbocycles. The number of hydrogen-bond donors (Lipinski definition) is 3. The van der Waals surface area contributed by atoms with Crippen molar-refractivity contribution in [1.29, 1.82) is 0 Å². The van der Waals surface area contributed by atoms with Crippen LogP contribution in [0.25, 0.3) is 0 Å². The monoisotopic (exact) mass is 321 g/mol. The van der Waals surface area contributed by atoms with Crippen molar-refractivity contribution in [3.63, 3.8) is 0 Å². The number of carbonyl (C=O) groups is 2. The molecule has 7 heteroatoms. The number of urea groups is 1. The van der Waals surface area contributed by atoms with Gasteiger partial charge in [-0.25, -0.2) is 14.0 Å². The van der Waals surface area contributed by atoms with E-state index in [4.69, 9.17) is 0 Å². The Morgan fingerprint density at radius 1 is 1.26 bits per heavy atom. The predicted octanol–water partition coefficient (Wildman–Crippen LogP) is 1.86. The number of carbonyl (C=O) groups excluding carboxylic acids is 1. The van der Waals surface area contributed by atoms with Crippen molar-refractivity contribution in [3.05, 3.63) is 46.9 Å². The van der Waals surface area contributed by atoms with Gasteiger partial charge >= 0.3 is 12.0 Å². The first-order valence-corrected chi connectivity index (χ1v) is 7.47. The molecule has 0 aromatic heterocycles. The Kier molecular flexibility index (Phi) is 5.33. The number of carboxylic acid groups (broad SMARTS) is 1. The molecule has 2 rings (SSSR count). The maximum atomic E-state index is 13.1. The number of benzene rings is 1. The van der Waals surface area contributed by atoms with Crippen LogP contribution in [0.3, 0.4) is 0 Å². The van der Waals surface area contributed by atoms with E-state index in [-0.39, 0.29) is 5.57 Å². The number of halogens is 1. The van der Waals surface area contributed by atoms with Gasteiger partial charge in [0.25, 0.3) is 0 Å². The Morgan fingerprint density at radius 3 is 2.39 bits per heavy atom. The molecule has 3 N–H and O–H groups in total. The van der Waals surface area contributed by atoms with Crippen LogP contribution in [0.15, 0.2) is 35.5 Å². The van der Waals surface area contributed by atoms with Gasteiger partial charge in [-0.2, -0.15) is 0 Å². The minimum atomic E-state index is -1.12. The fourth-order valence-electron chi connectivity index (χ4n) is 2.57. The maximum Gasteiger partial charge on any atom is 0.335 e. The van der Waals surface area contributed by atoms with Gasteiger partial charge in [-0.3, -0.25) is 4.90 Å². The van der Waals surface area contributed by atoms with Gasteiger partial charge in [-0.15, -0.1) is 0 Å². The SMILES string of the molecule is CCN(CC)CC1=C(C(=O)O)C(c2ccc(F)cc2)NC(=O)N1. The van der Waals surface area contributed by atoms with E-state index in [0.29, 0.717) is 17.8 Å². The van der Waals surface area contributed by atoms with Crippen LogP contribution in [0, 0.1) is 5.82 Å². The zero-order valence-corrected chi connectivity index (χ0v) is 13.1. The summed E-state index contributed by atoms with van der Waals surface area (Å²) in [4.78, 5) is 25.7.